The molecule has 1 aliphatic rings. The number of amides is 1. The molecule has 5 heteroatoms. The Morgan fingerprint density at radius 3 is 2.42 bits per heavy atom. The molecule has 2 rings (SSSR count). The van der Waals surface area contributed by atoms with E-state index in [2.05, 4.69) is 36.2 Å². The van der Waals surface area contributed by atoms with Crippen LogP contribution in [0.15, 0.2) is 24.3 Å². The Hall–Kier alpha value is -1.75. The van der Waals surface area contributed by atoms with Gasteiger partial charge >= 0.3 is 6.09 Å². The smallest absolute Gasteiger partial charge is 0.407 e. The summed E-state index contributed by atoms with van der Waals surface area (Å²) in [4.78, 5) is 14.5. The summed E-state index contributed by atoms with van der Waals surface area (Å²) in [7, 11) is 1.67. The number of nitrogens with zero attached hydrogens (tertiary/aromatic N) is 1. The largest absolute Gasteiger partial charge is 0.497 e. The van der Waals surface area contributed by atoms with Gasteiger partial charge in [-0.25, -0.2) is 4.79 Å². The van der Waals surface area contributed by atoms with Crippen LogP contribution < -0.4 is 10.1 Å². The lowest BCUT2D eigenvalue weighted by Gasteiger charge is -2.28. The molecule has 3 atom stereocenters. The van der Waals surface area contributed by atoms with Gasteiger partial charge in [0.25, 0.3) is 0 Å². The second-order valence-corrected chi connectivity index (χ2v) is 7.60. The number of carbonyl (C=O) groups is 1. The highest BCUT2D eigenvalue weighted by Gasteiger charge is 2.37. The summed E-state index contributed by atoms with van der Waals surface area (Å²) in [5.74, 6) is 0.866. The molecule has 1 aromatic rings. The molecule has 1 N–H and O–H groups in total. The normalized spacial score (nSPS) is 24.7. The average molecular weight is 334 g/mol. The van der Waals surface area contributed by atoms with Crippen LogP contribution in [0.1, 0.15) is 46.6 Å². The van der Waals surface area contributed by atoms with Gasteiger partial charge in [0.2, 0.25) is 0 Å². The van der Waals surface area contributed by atoms with Crippen molar-refractivity contribution in [1.29, 1.82) is 0 Å². The molecule has 5 nitrogen and oxygen atoms in total. The van der Waals surface area contributed by atoms with Crippen LogP contribution >= 0.6 is 0 Å². The summed E-state index contributed by atoms with van der Waals surface area (Å²) in [6, 6.07) is 8.92. The lowest BCUT2D eigenvalue weighted by molar-refractivity contribution is 0.0493. The standard InChI is InChI=1S/C19H30N2O3/c1-13-11-17(20-18(22)24-19(3,4)5)14(2)21(13)12-15-7-9-16(23-6)10-8-15/h7-10,13-14,17H,11-12H2,1-6H3,(H,20,22)/t13-,14+,17+/m0/s1. The number of ether oxygens (including phenoxy) is 2. The monoisotopic (exact) mass is 334 g/mol. The van der Waals surface area contributed by atoms with Gasteiger partial charge in [0.15, 0.2) is 0 Å². The van der Waals surface area contributed by atoms with E-state index in [4.69, 9.17) is 9.47 Å². The van der Waals surface area contributed by atoms with E-state index in [-0.39, 0.29) is 18.2 Å². The van der Waals surface area contributed by atoms with Crippen molar-refractivity contribution in [2.75, 3.05) is 7.11 Å². The van der Waals surface area contributed by atoms with Crippen molar-refractivity contribution < 1.29 is 14.3 Å². The number of rotatable bonds is 4. The molecule has 1 aliphatic heterocycles. The molecular weight excluding hydrogens is 304 g/mol. The highest BCUT2D eigenvalue weighted by molar-refractivity contribution is 5.68. The fraction of sp³-hybridized carbons (Fsp3) is 0.632. The summed E-state index contributed by atoms with van der Waals surface area (Å²) in [6.07, 6.45) is 0.592. The summed E-state index contributed by atoms with van der Waals surface area (Å²) >= 11 is 0. The van der Waals surface area contributed by atoms with Gasteiger partial charge in [0.1, 0.15) is 11.4 Å². The third kappa shape index (κ3) is 4.87. The fourth-order valence-electron chi connectivity index (χ4n) is 3.21. The highest BCUT2D eigenvalue weighted by Crippen LogP contribution is 2.27. The van der Waals surface area contributed by atoms with Crippen LogP contribution in [0, 0.1) is 0 Å². The zero-order chi connectivity index (χ0) is 17.9. The quantitative estimate of drug-likeness (QED) is 0.914. The predicted octanol–water partition coefficient (Wildman–Crippen LogP) is 3.57. The second kappa shape index (κ2) is 7.43. The number of likely N-dealkylation sites (tertiary alicyclic amines) is 1. The second-order valence-electron chi connectivity index (χ2n) is 7.60. The average Bonchev–Trinajstić information content (AvgIpc) is 2.73. The molecule has 134 valence electrons. The van der Waals surface area contributed by atoms with Crippen LogP contribution in [0.4, 0.5) is 4.79 Å². The molecule has 0 aliphatic carbocycles. The van der Waals surface area contributed by atoms with E-state index >= 15 is 0 Å². The van der Waals surface area contributed by atoms with Crippen LogP contribution in [0.25, 0.3) is 0 Å². The van der Waals surface area contributed by atoms with Crippen molar-refractivity contribution in [2.45, 2.75) is 71.3 Å². The van der Waals surface area contributed by atoms with Crippen molar-refractivity contribution in [1.82, 2.24) is 10.2 Å². The maximum Gasteiger partial charge on any atom is 0.407 e. The van der Waals surface area contributed by atoms with Crippen LogP contribution in [0.5, 0.6) is 5.75 Å². The minimum absolute atomic E-state index is 0.105. The molecule has 0 spiro atoms. The Morgan fingerprint density at radius 1 is 1.25 bits per heavy atom. The first-order valence-electron chi connectivity index (χ1n) is 8.58. The first-order chi connectivity index (χ1) is 11.2. The molecule has 1 heterocycles. The zero-order valence-electron chi connectivity index (χ0n) is 15.6. The lowest BCUT2D eigenvalue weighted by Crippen LogP contribution is -2.45. The Kier molecular flexibility index (Phi) is 5.75. The topological polar surface area (TPSA) is 50.8 Å². The lowest BCUT2D eigenvalue weighted by atomic mass is 10.1. The molecular formula is C19H30N2O3. The van der Waals surface area contributed by atoms with Crippen molar-refractivity contribution >= 4 is 6.09 Å². The van der Waals surface area contributed by atoms with Gasteiger partial charge in [0.05, 0.1) is 7.11 Å². The van der Waals surface area contributed by atoms with Gasteiger partial charge in [-0.05, 0) is 58.7 Å². The zero-order valence-corrected chi connectivity index (χ0v) is 15.6. The van der Waals surface area contributed by atoms with E-state index < -0.39 is 5.60 Å². The maximum atomic E-state index is 12.0. The van der Waals surface area contributed by atoms with Crippen LogP contribution in [-0.2, 0) is 11.3 Å². The number of methoxy groups -OCH3 is 1. The van der Waals surface area contributed by atoms with Crippen molar-refractivity contribution in [3.05, 3.63) is 29.8 Å². The molecule has 0 saturated carbocycles. The maximum absolute atomic E-state index is 12.0. The Balaban J connectivity index is 1.96. The number of alkyl carbamates (subject to hydrolysis) is 1. The van der Waals surface area contributed by atoms with Gasteiger partial charge in [-0.1, -0.05) is 12.1 Å². The van der Waals surface area contributed by atoms with Crippen LogP contribution in [-0.4, -0.2) is 41.8 Å². The fourth-order valence-corrected chi connectivity index (χ4v) is 3.21. The van der Waals surface area contributed by atoms with Gasteiger partial charge in [-0.2, -0.15) is 0 Å². The Labute approximate surface area is 145 Å². The van der Waals surface area contributed by atoms with E-state index in [1.54, 1.807) is 7.11 Å². The van der Waals surface area contributed by atoms with Gasteiger partial charge in [0, 0.05) is 24.7 Å². The SMILES string of the molecule is COc1ccc(CN2[C@H](C)[C@H](NC(=O)OC(C)(C)C)C[C@@H]2C)cc1. The van der Waals surface area contributed by atoms with Crippen LogP contribution in [0.3, 0.4) is 0 Å². The van der Waals surface area contributed by atoms with Gasteiger partial charge in [-0.15, -0.1) is 0 Å². The predicted molar refractivity (Wildman–Crippen MR) is 95.2 cm³/mol. The number of hydrogen-bond donors (Lipinski definition) is 1. The molecule has 1 aromatic carbocycles. The van der Waals surface area contributed by atoms with Crippen molar-refractivity contribution in [3.63, 3.8) is 0 Å². The molecule has 0 bridgehead atoms. The van der Waals surface area contributed by atoms with E-state index in [1.807, 2.05) is 32.9 Å². The molecule has 1 fully saturated rings. The van der Waals surface area contributed by atoms with Crippen LogP contribution in [0.2, 0.25) is 0 Å². The molecule has 0 aromatic heterocycles. The number of hydrogen-bond acceptors (Lipinski definition) is 4. The van der Waals surface area contributed by atoms with E-state index in [0.29, 0.717) is 6.04 Å². The summed E-state index contributed by atoms with van der Waals surface area (Å²) in [6.45, 7) is 10.9. The van der Waals surface area contributed by atoms with E-state index in [9.17, 15) is 4.79 Å². The van der Waals surface area contributed by atoms with E-state index in [0.717, 1.165) is 18.7 Å². The Morgan fingerprint density at radius 2 is 1.88 bits per heavy atom. The number of nitrogens with one attached hydrogen (secondary N) is 1. The highest BCUT2D eigenvalue weighted by atomic mass is 16.6. The van der Waals surface area contributed by atoms with Gasteiger partial charge in [-0.3, -0.25) is 4.90 Å². The molecule has 0 unspecified atom stereocenters. The van der Waals surface area contributed by atoms with E-state index in [1.165, 1.54) is 5.56 Å². The molecule has 1 saturated heterocycles. The Bertz CT molecular complexity index is 551. The summed E-state index contributed by atoms with van der Waals surface area (Å²) < 4.78 is 10.6. The van der Waals surface area contributed by atoms with Crippen molar-refractivity contribution in [3.8, 4) is 5.75 Å². The third-order valence-electron chi connectivity index (χ3n) is 4.49. The first kappa shape index (κ1) is 18.6. The summed E-state index contributed by atoms with van der Waals surface area (Å²) in [5.41, 5.74) is 0.771. The number of benzene rings is 1. The van der Waals surface area contributed by atoms with Gasteiger partial charge < -0.3 is 14.8 Å². The first-order valence-corrected chi connectivity index (χ1v) is 8.58. The third-order valence-corrected chi connectivity index (χ3v) is 4.49. The summed E-state index contributed by atoms with van der Waals surface area (Å²) in [5, 5.41) is 3.03. The molecule has 0 radical (unpaired) electrons. The number of carbonyl (C=O) groups excluding carboxylic acids is 1. The molecule has 1 amide bonds. The minimum Gasteiger partial charge on any atom is -0.497 e. The minimum atomic E-state index is -0.472. The molecule has 24 heavy (non-hydrogen) atoms. The van der Waals surface area contributed by atoms with Crippen molar-refractivity contribution in [2.24, 2.45) is 0 Å².